The number of hydrogen-bond acceptors (Lipinski definition) is 7. The summed E-state index contributed by atoms with van der Waals surface area (Å²) in [7, 11) is 0. The summed E-state index contributed by atoms with van der Waals surface area (Å²) in [5.41, 5.74) is 15.6. The van der Waals surface area contributed by atoms with E-state index in [1.165, 1.54) is 164 Å². The Hall–Kier alpha value is -6.49. The van der Waals surface area contributed by atoms with Crippen molar-refractivity contribution in [1.82, 2.24) is 9.80 Å². The Morgan fingerprint density at radius 2 is 0.951 bits per heavy atom. The van der Waals surface area contributed by atoms with Crippen LogP contribution < -0.4 is 4.90 Å². The number of rotatable bonds is 25. The highest BCUT2D eigenvalue weighted by Gasteiger charge is 2.43. The number of thiophene rings is 3. The highest BCUT2D eigenvalue weighted by Crippen LogP contribution is 2.56. The van der Waals surface area contributed by atoms with Crippen molar-refractivity contribution < 1.29 is 9.59 Å². The molecule has 1 aliphatic heterocycles. The molecule has 10 rings (SSSR count). The summed E-state index contributed by atoms with van der Waals surface area (Å²) in [5, 5.41) is 0.270. The van der Waals surface area contributed by atoms with E-state index in [1.807, 2.05) is 48.7 Å². The smallest absolute Gasteiger partial charge is 0.265 e. The van der Waals surface area contributed by atoms with Gasteiger partial charge in [-0.3, -0.25) is 19.4 Å². The summed E-state index contributed by atoms with van der Waals surface area (Å²) < 4.78 is 0. The van der Waals surface area contributed by atoms with Crippen molar-refractivity contribution in [2.45, 2.75) is 137 Å². The molecule has 1 fully saturated rings. The molecule has 1 aliphatic carbocycles. The van der Waals surface area contributed by atoms with Crippen LogP contribution in [-0.4, -0.2) is 39.8 Å². The molecule has 81 heavy (non-hydrogen) atoms. The van der Waals surface area contributed by atoms with E-state index in [0.29, 0.717) is 13.1 Å². The van der Waals surface area contributed by atoms with Crippen LogP contribution >= 0.6 is 46.2 Å². The van der Waals surface area contributed by atoms with Crippen molar-refractivity contribution in [3.05, 3.63) is 188 Å². The van der Waals surface area contributed by atoms with Crippen LogP contribution in [0.25, 0.3) is 60.7 Å². The lowest BCUT2D eigenvalue weighted by Gasteiger charge is -2.35. The largest absolute Gasteiger partial charge is 0.311 e. The molecule has 3 aromatic heterocycles. The number of unbranched alkanes of at least 4 members (excludes halogenated alkanes) is 10. The standard InChI is InChI=1S/C72H77N3O2S4/c1-7-11-13-15-17-19-45-72(46-20-18-16-14-12-8-2)64-47-54(67-42-23-51(6)79-67)29-40-61(64)62-41-30-55(48-65(62)72)68-44-43-66(81-68)53-27-35-58(36-28-53)75(56-31-21-50(5)22-32-56)57-33-24-52(25-34-57)26-37-59-38-39-60(80-59)49-63-69(76)73(9-3)71(78)74(10-4)70(63)77/h21-44,47-49H,7-20,45-46H2,1-6H3/b37-26+. The molecule has 0 unspecified atom stereocenters. The second-order valence-corrected chi connectivity index (χ2v) is 25.9. The van der Waals surface area contributed by atoms with Gasteiger partial charge in [0.1, 0.15) is 5.57 Å². The molecule has 5 nitrogen and oxygen atoms in total. The van der Waals surface area contributed by atoms with Crippen LogP contribution in [0.4, 0.5) is 17.1 Å². The van der Waals surface area contributed by atoms with Crippen molar-refractivity contribution in [3.63, 3.8) is 0 Å². The van der Waals surface area contributed by atoms with Crippen LogP contribution in [0.1, 0.15) is 154 Å². The second kappa shape index (κ2) is 26.6. The van der Waals surface area contributed by atoms with Crippen molar-refractivity contribution in [3.8, 4) is 42.4 Å². The average Bonchev–Trinajstić information content (AvgIpc) is 4.42. The van der Waals surface area contributed by atoms with Crippen LogP contribution in [0.15, 0.2) is 151 Å². The number of hydrogen-bond donors (Lipinski definition) is 0. The number of amides is 2. The summed E-state index contributed by atoms with van der Waals surface area (Å²) in [4.78, 5) is 39.0. The Morgan fingerprint density at radius 3 is 1.48 bits per heavy atom. The van der Waals surface area contributed by atoms with Crippen molar-refractivity contribution in [2.75, 3.05) is 18.0 Å². The van der Waals surface area contributed by atoms with Gasteiger partial charge in [0.15, 0.2) is 5.11 Å². The first kappa shape index (κ1) is 57.7. The maximum Gasteiger partial charge on any atom is 0.265 e. The summed E-state index contributed by atoms with van der Waals surface area (Å²) >= 11 is 10.8. The van der Waals surface area contributed by atoms with Gasteiger partial charge in [0.2, 0.25) is 0 Å². The average molecular weight is 1140 g/mol. The molecule has 0 spiro atoms. The highest BCUT2D eigenvalue weighted by atomic mass is 32.1. The molecule has 8 aromatic rings. The Bertz CT molecular complexity index is 3490. The van der Waals surface area contributed by atoms with Crippen LogP contribution in [0.3, 0.4) is 0 Å². The normalized spacial score (nSPS) is 13.9. The van der Waals surface area contributed by atoms with E-state index >= 15 is 0 Å². The maximum atomic E-state index is 13.3. The fourth-order valence-corrected chi connectivity index (χ4v) is 15.2. The van der Waals surface area contributed by atoms with E-state index in [1.54, 1.807) is 17.2 Å². The number of nitrogens with zero attached hydrogens (tertiary/aromatic N) is 3. The van der Waals surface area contributed by atoms with E-state index in [4.69, 9.17) is 12.2 Å². The van der Waals surface area contributed by atoms with Crippen LogP contribution in [0, 0.1) is 13.8 Å². The van der Waals surface area contributed by atoms with Gasteiger partial charge in [-0.2, -0.15) is 0 Å². The molecule has 1 saturated heterocycles. The zero-order valence-corrected chi connectivity index (χ0v) is 51.5. The fourth-order valence-electron chi connectivity index (χ4n) is 12.0. The Labute approximate surface area is 499 Å². The molecule has 2 aliphatic rings. The minimum atomic E-state index is -0.343. The molecule has 9 heteroatoms. The predicted molar refractivity (Wildman–Crippen MR) is 353 cm³/mol. The zero-order valence-electron chi connectivity index (χ0n) is 48.2. The highest BCUT2D eigenvalue weighted by molar-refractivity contribution is 7.80. The molecule has 416 valence electrons. The number of carbonyl (C=O) groups is 2. The van der Waals surface area contributed by atoms with Gasteiger partial charge in [-0.15, -0.1) is 34.0 Å². The second-order valence-electron chi connectivity index (χ2n) is 22.0. The molecule has 5 aromatic carbocycles. The first-order valence-corrected chi connectivity index (χ1v) is 32.6. The number of thiocarbonyl (C=S) groups is 1. The molecule has 0 bridgehead atoms. The SMILES string of the molecule is CCCCCCCCC1(CCCCCCCC)c2cc(-c3ccc(C)s3)ccc2-c2ccc(-c3ccc(-c4ccc(N(c5ccc(C)cc5)c5ccc(/C=C/c6ccc(C=C7C(=O)N(CC)C(=S)N(CC)C7=O)s6)cc5)cc4)s3)cc21. The molecule has 0 radical (unpaired) electrons. The van der Waals surface area contributed by atoms with Gasteiger partial charge < -0.3 is 4.90 Å². The number of likely N-dealkylation sites (N-methyl/N-ethyl adjacent to an activating group) is 2. The molecule has 0 saturated carbocycles. The first-order valence-electron chi connectivity index (χ1n) is 29.7. The summed E-state index contributed by atoms with van der Waals surface area (Å²) in [6.07, 6.45) is 24.0. The van der Waals surface area contributed by atoms with Crippen LogP contribution in [-0.2, 0) is 15.0 Å². The van der Waals surface area contributed by atoms with E-state index in [2.05, 4.69) is 178 Å². The Kier molecular flexibility index (Phi) is 19.0. The number of carbonyl (C=O) groups excluding carboxylic acids is 2. The Morgan fingerprint density at radius 1 is 0.481 bits per heavy atom. The van der Waals surface area contributed by atoms with Crippen molar-refractivity contribution in [2.24, 2.45) is 0 Å². The number of anilines is 3. The predicted octanol–water partition coefficient (Wildman–Crippen LogP) is 21.3. The van der Waals surface area contributed by atoms with E-state index in [9.17, 15) is 9.59 Å². The van der Waals surface area contributed by atoms with Crippen molar-refractivity contribution >= 4 is 98.4 Å². The number of aryl methyl sites for hydroxylation is 2. The summed E-state index contributed by atoms with van der Waals surface area (Å²) in [6, 6.07) is 54.6. The minimum absolute atomic E-state index is 0.00386. The van der Waals surface area contributed by atoms with E-state index < -0.39 is 0 Å². The van der Waals surface area contributed by atoms with Crippen LogP contribution in [0.2, 0.25) is 0 Å². The molecular weight excluding hydrogens is 1070 g/mol. The first-order chi connectivity index (χ1) is 39.5. The van der Waals surface area contributed by atoms with E-state index in [-0.39, 0.29) is 27.9 Å². The third-order valence-electron chi connectivity index (χ3n) is 16.5. The topological polar surface area (TPSA) is 43.9 Å². The van der Waals surface area contributed by atoms with Gasteiger partial charge in [0, 0.05) is 64.8 Å². The molecule has 4 heterocycles. The van der Waals surface area contributed by atoms with Crippen LogP contribution in [0.5, 0.6) is 0 Å². The fraction of sp³-hybridized carbons (Fsp3) is 0.319. The van der Waals surface area contributed by atoms with Gasteiger partial charge in [-0.05, 0) is 194 Å². The molecular formula is C72H77N3O2S4. The lowest BCUT2D eigenvalue weighted by atomic mass is 9.70. The Balaban J connectivity index is 0.897. The third-order valence-corrected chi connectivity index (χ3v) is 20.1. The van der Waals surface area contributed by atoms with Gasteiger partial charge >= 0.3 is 0 Å². The minimum Gasteiger partial charge on any atom is -0.311 e. The molecule has 0 atom stereocenters. The van der Waals surface area contributed by atoms with Gasteiger partial charge in [-0.25, -0.2) is 0 Å². The molecule has 2 amide bonds. The van der Waals surface area contributed by atoms with Gasteiger partial charge in [0.05, 0.1) is 0 Å². The quantitative estimate of drug-likeness (QED) is 0.0248. The number of fused-ring (bicyclic) bond motifs is 3. The van der Waals surface area contributed by atoms with Crippen molar-refractivity contribution in [1.29, 1.82) is 0 Å². The molecule has 0 N–H and O–H groups in total. The lowest BCUT2D eigenvalue weighted by Crippen LogP contribution is -2.55. The summed E-state index contributed by atoms with van der Waals surface area (Å²) in [5.74, 6) is -0.685. The zero-order chi connectivity index (χ0) is 56.5. The van der Waals surface area contributed by atoms with E-state index in [0.717, 1.165) is 32.4 Å². The maximum absolute atomic E-state index is 13.3. The van der Waals surface area contributed by atoms with Gasteiger partial charge in [0.25, 0.3) is 11.8 Å². The third kappa shape index (κ3) is 12.8. The van der Waals surface area contributed by atoms with Gasteiger partial charge in [-0.1, -0.05) is 163 Å². The number of benzene rings is 5. The lowest BCUT2D eigenvalue weighted by molar-refractivity contribution is -0.133. The summed E-state index contributed by atoms with van der Waals surface area (Å²) in [6.45, 7) is 13.6. The monoisotopic (exact) mass is 1140 g/mol.